The van der Waals surface area contributed by atoms with E-state index in [2.05, 4.69) is 0 Å². The number of benzene rings is 1. The van der Waals surface area contributed by atoms with Crippen LogP contribution in [0.2, 0.25) is 5.02 Å². The molecule has 4 heteroatoms. The summed E-state index contributed by atoms with van der Waals surface area (Å²) in [5, 5.41) is 0.811. The second kappa shape index (κ2) is 6.92. The van der Waals surface area contributed by atoms with Crippen LogP contribution in [0.3, 0.4) is 0 Å². The molecule has 0 aromatic heterocycles. The smallest absolute Gasteiger partial charge is 0.235 e. The van der Waals surface area contributed by atoms with Crippen molar-refractivity contribution >= 4 is 29.3 Å². The first kappa shape index (κ1) is 14.4. The van der Waals surface area contributed by atoms with Crippen LogP contribution in [0, 0.1) is 0 Å². The number of amides is 1. The van der Waals surface area contributed by atoms with E-state index in [9.17, 15) is 4.79 Å². The SMILES string of the molecule is CC.CN1CCC(Sc2ccc(Cl)cc2)C1=O. The molecule has 0 radical (unpaired) electrons. The van der Waals surface area contributed by atoms with E-state index in [1.807, 2.05) is 45.2 Å². The van der Waals surface area contributed by atoms with Gasteiger partial charge in [0.1, 0.15) is 0 Å². The minimum absolute atomic E-state index is 0.0798. The fourth-order valence-corrected chi connectivity index (χ4v) is 2.83. The molecule has 1 unspecified atom stereocenters. The highest BCUT2D eigenvalue weighted by Crippen LogP contribution is 2.30. The van der Waals surface area contributed by atoms with E-state index < -0.39 is 0 Å². The van der Waals surface area contributed by atoms with Crippen molar-refractivity contribution in [1.82, 2.24) is 4.90 Å². The third kappa shape index (κ3) is 3.93. The van der Waals surface area contributed by atoms with Crippen LogP contribution in [-0.2, 0) is 4.79 Å². The van der Waals surface area contributed by atoms with Crippen molar-refractivity contribution in [3.05, 3.63) is 29.3 Å². The van der Waals surface area contributed by atoms with Crippen LogP contribution < -0.4 is 0 Å². The number of thioether (sulfide) groups is 1. The minimum Gasteiger partial charge on any atom is -0.345 e. The summed E-state index contributed by atoms with van der Waals surface area (Å²) in [4.78, 5) is 14.5. The van der Waals surface area contributed by atoms with E-state index in [0.29, 0.717) is 0 Å². The molecule has 94 valence electrons. The lowest BCUT2D eigenvalue weighted by Crippen LogP contribution is -2.23. The number of halogens is 1. The maximum absolute atomic E-state index is 11.7. The predicted molar refractivity (Wildman–Crippen MR) is 74.7 cm³/mol. The Hall–Kier alpha value is -0.670. The van der Waals surface area contributed by atoms with Crippen molar-refractivity contribution in [3.63, 3.8) is 0 Å². The lowest BCUT2D eigenvalue weighted by molar-refractivity contribution is -0.126. The molecule has 1 heterocycles. The second-order valence-corrected chi connectivity index (χ2v) is 5.32. The summed E-state index contributed by atoms with van der Waals surface area (Å²) in [6, 6.07) is 7.62. The number of rotatable bonds is 2. The Morgan fingerprint density at radius 2 is 1.88 bits per heavy atom. The van der Waals surface area contributed by atoms with E-state index in [4.69, 9.17) is 11.6 Å². The first-order chi connectivity index (χ1) is 8.16. The molecule has 17 heavy (non-hydrogen) atoms. The van der Waals surface area contributed by atoms with Gasteiger partial charge < -0.3 is 4.90 Å². The topological polar surface area (TPSA) is 20.3 Å². The summed E-state index contributed by atoms with van der Waals surface area (Å²) in [5.74, 6) is 0.231. The summed E-state index contributed by atoms with van der Waals surface area (Å²) in [7, 11) is 1.85. The molecule has 1 aromatic rings. The summed E-state index contributed by atoms with van der Waals surface area (Å²) in [5.41, 5.74) is 0. The summed E-state index contributed by atoms with van der Waals surface area (Å²) in [6.07, 6.45) is 0.933. The molecule has 1 aromatic carbocycles. The van der Waals surface area contributed by atoms with Crippen molar-refractivity contribution in [2.45, 2.75) is 30.4 Å². The van der Waals surface area contributed by atoms with Gasteiger partial charge >= 0.3 is 0 Å². The Morgan fingerprint density at radius 1 is 1.29 bits per heavy atom. The average molecular weight is 272 g/mol. The molecule has 0 N–H and O–H groups in total. The average Bonchev–Trinajstić information content (AvgIpc) is 2.67. The normalized spacial score (nSPS) is 18.9. The van der Waals surface area contributed by atoms with Crippen molar-refractivity contribution < 1.29 is 4.79 Å². The number of nitrogens with zero attached hydrogens (tertiary/aromatic N) is 1. The van der Waals surface area contributed by atoms with Gasteiger partial charge in [0, 0.05) is 23.5 Å². The van der Waals surface area contributed by atoms with Crippen LogP contribution in [0.25, 0.3) is 0 Å². The number of carbonyl (C=O) groups excluding carboxylic acids is 1. The van der Waals surface area contributed by atoms with Gasteiger partial charge in [-0.05, 0) is 30.7 Å². The third-order valence-corrected chi connectivity index (χ3v) is 3.99. The van der Waals surface area contributed by atoms with Gasteiger partial charge in [-0.2, -0.15) is 0 Å². The fourth-order valence-electron chi connectivity index (χ4n) is 1.58. The molecule has 0 saturated carbocycles. The Kier molecular flexibility index (Phi) is 5.86. The molecular weight excluding hydrogens is 254 g/mol. The highest BCUT2D eigenvalue weighted by atomic mass is 35.5. The van der Waals surface area contributed by atoms with E-state index in [-0.39, 0.29) is 11.2 Å². The first-order valence-corrected chi connectivity index (χ1v) is 7.10. The zero-order chi connectivity index (χ0) is 12.8. The molecule has 0 spiro atoms. The van der Waals surface area contributed by atoms with E-state index >= 15 is 0 Å². The Labute approximate surface area is 112 Å². The fraction of sp³-hybridized carbons (Fsp3) is 0.462. The van der Waals surface area contributed by atoms with Crippen molar-refractivity contribution in [3.8, 4) is 0 Å². The zero-order valence-electron chi connectivity index (χ0n) is 10.4. The molecule has 0 aliphatic carbocycles. The Balaban J connectivity index is 0.000000686. The second-order valence-electron chi connectivity index (χ2n) is 3.61. The number of likely N-dealkylation sites (tertiary alicyclic amines) is 1. The quantitative estimate of drug-likeness (QED) is 0.818. The lowest BCUT2D eigenvalue weighted by atomic mass is 10.4. The molecule has 2 rings (SSSR count). The Morgan fingerprint density at radius 3 is 2.35 bits per heavy atom. The van der Waals surface area contributed by atoms with Crippen LogP contribution in [0.15, 0.2) is 29.2 Å². The van der Waals surface area contributed by atoms with E-state index in [0.717, 1.165) is 22.9 Å². The zero-order valence-corrected chi connectivity index (χ0v) is 12.0. The number of carbonyl (C=O) groups is 1. The predicted octanol–water partition coefficient (Wildman–Crippen LogP) is 3.69. The molecule has 1 fully saturated rings. The van der Waals surface area contributed by atoms with Gasteiger partial charge in [0.25, 0.3) is 0 Å². The summed E-state index contributed by atoms with van der Waals surface area (Å²) >= 11 is 7.42. The largest absolute Gasteiger partial charge is 0.345 e. The molecule has 0 bridgehead atoms. The van der Waals surface area contributed by atoms with E-state index in [1.54, 1.807) is 16.7 Å². The van der Waals surface area contributed by atoms with E-state index in [1.165, 1.54) is 0 Å². The van der Waals surface area contributed by atoms with Crippen LogP contribution in [0.1, 0.15) is 20.3 Å². The molecule has 1 aliphatic rings. The minimum atomic E-state index is 0.0798. The van der Waals surface area contributed by atoms with Crippen LogP contribution >= 0.6 is 23.4 Å². The monoisotopic (exact) mass is 271 g/mol. The highest BCUT2D eigenvalue weighted by Gasteiger charge is 2.29. The van der Waals surface area contributed by atoms with Gasteiger partial charge in [-0.1, -0.05) is 25.4 Å². The standard InChI is InChI=1S/C11H12ClNOS.C2H6/c1-13-7-6-10(11(13)14)15-9-4-2-8(12)3-5-9;1-2/h2-5,10H,6-7H2,1H3;1-2H3. The molecular formula is C13H18ClNOS. The third-order valence-electron chi connectivity index (χ3n) is 2.47. The van der Waals surface area contributed by atoms with Crippen molar-refractivity contribution in [1.29, 1.82) is 0 Å². The van der Waals surface area contributed by atoms with Gasteiger partial charge in [0.15, 0.2) is 0 Å². The number of hydrogen-bond acceptors (Lipinski definition) is 2. The Bertz CT molecular complexity index is 366. The lowest BCUT2D eigenvalue weighted by Gasteiger charge is -2.09. The maximum atomic E-state index is 11.7. The molecule has 1 amide bonds. The molecule has 1 saturated heterocycles. The molecule has 1 aliphatic heterocycles. The molecule has 2 nitrogen and oxygen atoms in total. The van der Waals surface area contributed by atoms with Gasteiger partial charge in [0.2, 0.25) is 5.91 Å². The van der Waals surface area contributed by atoms with Crippen molar-refractivity contribution in [2.24, 2.45) is 0 Å². The highest BCUT2D eigenvalue weighted by molar-refractivity contribution is 8.00. The van der Waals surface area contributed by atoms with Gasteiger partial charge in [-0.3, -0.25) is 4.79 Å². The first-order valence-electron chi connectivity index (χ1n) is 5.84. The summed E-state index contributed by atoms with van der Waals surface area (Å²) < 4.78 is 0. The summed E-state index contributed by atoms with van der Waals surface area (Å²) in [6.45, 7) is 4.87. The van der Waals surface area contributed by atoms with Gasteiger partial charge in [-0.25, -0.2) is 0 Å². The van der Waals surface area contributed by atoms with Crippen LogP contribution in [0.4, 0.5) is 0 Å². The maximum Gasteiger partial charge on any atom is 0.235 e. The van der Waals surface area contributed by atoms with Crippen LogP contribution in [-0.4, -0.2) is 29.6 Å². The molecule has 1 atom stereocenters. The number of hydrogen-bond donors (Lipinski definition) is 0. The van der Waals surface area contributed by atoms with Crippen LogP contribution in [0.5, 0.6) is 0 Å². The van der Waals surface area contributed by atoms with Gasteiger partial charge in [0.05, 0.1) is 5.25 Å². The van der Waals surface area contributed by atoms with Crippen molar-refractivity contribution in [2.75, 3.05) is 13.6 Å². The van der Waals surface area contributed by atoms with Gasteiger partial charge in [-0.15, -0.1) is 11.8 Å².